The third-order valence-electron chi connectivity index (χ3n) is 4.90. The zero-order valence-electron chi connectivity index (χ0n) is 13.8. The summed E-state index contributed by atoms with van der Waals surface area (Å²) < 4.78 is 1.82. The lowest BCUT2D eigenvalue weighted by Crippen LogP contribution is -2.28. The Morgan fingerprint density at radius 1 is 1.04 bits per heavy atom. The van der Waals surface area contributed by atoms with Gasteiger partial charge >= 0.3 is 0 Å². The number of benzene rings is 1. The Morgan fingerprint density at radius 3 is 2.70 bits per heavy atom. The Kier molecular flexibility index (Phi) is 3.29. The molecule has 23 heavy (non-hydrogen) atoms. The van der Waals surface area contributed by atoms with E-state index in [9.17, 15) is 0 Å². The number of anilines is 1. The number of hydrogen-bond acceptors (Lipinski definition) is 4. The molecule has 1 aliphatic heterocycles. The van der Waals surface area contributed by atoms with E-state index >= 15 is 0 Å². The minimum absolute atomic E-state index is 0.473. The van der Waals surface area contributed by atoms with Gasteiger partial charge in [-0.1, -0.05) is 24.3 Å². The Labute approximate surface area is 136 Å². The number of aromatic nitrogens is 4. The highest BCUT2D eigenvalue weighted by molar-refractivity contribution is 5.48. The van der Waals surface area contributed by atoms with Gasteiger partial charge < -0.3 is 4.90 Å². The molecule has 0 bridgehead atoms. The molecule has 118 valence electrons. The van der Waals surface area contributed by atoms with Crippen LogP contribution in [0.1, 0.15) is 36.2 Å². The first-order valence-corrected chi connectivity index (χ1v) is 8.14. The second-order valence-electron chi connectivity index (χ2n) is 6.50. The fourth-order valence-electron chi connectivity index (χ4n) is 3.66. The highest BCUT2D eigenvalue weighted by Crippen LogP contribution is 2.35. The maximum Gasteiger partial charge on any atom is 0.178 e. The van der Waals surface area contributed by atoms with Crippen molar-refractivity contribution in [3.05, 3.63) is 53.3 Å². The standard InChI is InChI=1S/C18H21N5/c1-12-6-4-5-7-16(12)15-10-13(2)22(11-15)18-9-8-17-20-19-14(3)23(17)21-18/h4-9,13,15H,10-11H2,1-3H3. The van der Waals surface area contributed by atoms with Crippen molar-refractivity contribution in [2.75, 3.05) is 11.4 Å². The third-order valence-corrected chi connectivity index (χ3v) is 4.90. The van der Waals surface area contributed by atoms with Gasteiger partial charge in [0.15, 0.2) is 11.5 Å². The van der Waals surface area contributed by atoms with Crippen LogP contribution in [0.5, 0.6) is 0 Å². The van der Waals surface area contributed by atoms with E-state index in [1.54, 1.807) is 0 Å². The highest BCUT2D eigenvalue weighted by atomic mass is 15.4. The van der Waals surface area contributed by atoms with Gasteiger partial charge in [0, 0.05) is 18.5 Å². The molecule has 4 rings (SSSR count). The van der Waals surface area contributed by atoms with Crippen molar-refractivity contribution in [3.63, 3.8) is 0 Å². The van der Waals surface area contributed by atoms with Gasteiger partial charge in [-0.15, -0.1) is 15.3 Å². The third kappa shape index (κ3) is 2.36. The van der Waals surface area contributed by atoms with E-state index < -0.39 is 0 Å². The van der Waals surface area contributed by atoms with Crippen molar-refractivity contribution < 1.29 is 0 Å². The molecule has 5 nitrogen and oxygen atoms in total. The molecular weight excluding hydrogens is 286 g/mol. The molecule has 0 saturated carbocycles. The van der Waals surface area contributed by atoms with Gasteiger partial charge in [-0.25, -0.2) is 0 Å². The zero-order valence-corrected chi connectivity index (χ0v) is 13.8. The predicted octanol–water partition coefficient (Wildman–Crippen LogP) is 3.12. The molecule has 0 radical (unpaired) electrons. The molecule has 3 aromatic rings. The summed E-state index contributed by atoms with van der Waals surface area (Å²) in [6.07, 6.45) is 1.16. The average molecular weight is 307 g/mol. The largest absolute Gasteiger partial charge is 0.352 e. The van der Waals surface area contributed by atoms with Gasteiger partial charge in [0.25, 0.3) is 0 Å². The maximum absolute atomic E-state index is 4.74. The van der Waals surface area contributed by atoms with Crippen LogP contribution in [-0.4, -0.2) is 32.4 Å². The molecule has 0 N–H and O–H groups in total. The predicted molar refractivity (Wildman–Crippen MR) is 90.9 cm³/mol. The fraction of sp³-hybridized carbons (Fsp3) is 0.389. The second kappa shape index (κ2) is 5.33. The Bertz CT molecular complexity index is 853. The van der Waals surface area contributed by atoms with Crippen LogP contribution in [0, 0.1) is 13.8 Å². The van der Waals surface area contributed by atoms with E-state index in [4.69, 9.17) is 5.10 Å². The van der Waals surface area contributed by atoms with Crippen molar-refractivity contribution in [1.29, 1.82) is 0 Å². The first-order valence-electron chi connectivity index (χ1n) is 8.14. The first-order chi connectivity index (χ1) is 11.1. The molecule has 0 spiro atoms. The molecule has 5 heteroatoms. The quantitative estimate of drug-likeness (QED) is 0.730. The maximum atomic E-state index is 4.74. The molecule has 1 aliphatic rings. The number of hydrogen-bond donors (Lipinski definition) is 0. The summed E-state index contributed by atoms with van der Waals surface area (Å²) in [6, 6.07) is 13.2. The van der Waals surface area contributed by atoms with Crippen LogP contribution in [0.2, 0.25) is 0 Å². The SMILES string of the molecule is Cc1ccccc1C1CC(C)N(c2ccc3nnc(C)n3n2)C1. The molecule has 2 unspecified atom stereocenters. The van der Waals surface area contributed by atoms with Crippen LogP contribution in [0.3, 0.4) is 0 Å². The van der Waals surface area contributed by atoms with Gasteiger partial charge in [-0.2, -0.15) is 4.52 Å². The normalized spacial score (nSPS) is 21.3. The Hall–Kier alpha value is -2.43. The van der Waals surface area contributed by atoms with E-state index in [2.05, 4.69) is 59.3 Å². The highest BCUT2D eigenvalue weighted by Gasteiger charge is 2.31. The van der Waals surface area contributed by atoms with Crippen LogP contribution in [0.15, 0.2) is 36.4 Å². The number of fused-ring (bicyclic) bond motifs is 1. The van der Waals surface area contributed by atoms with Crippen molar-refractivity contribution in [3.8, 4) is 0 Å². The summed E-state index contributed by atoms with van der Waals surface area (Å²) in [5.41, 5.74) is 3.64. The van der Waals surface area contributed by atoms with Crippen LogP contribution in [0.4, 0.5) is 5.82 Å². The lowest BCUT2D eigenvalue weighted by Gasteiger charge is -2.22. The number of rotatable bonds is 2. The second-order valence-corrected chi connectivity index (χ2v) is 6.50. The summed E-state index contributed by atoms with van der Waals surface area (Å²) in [4.78, 5) is 2.40. The fourth-order valence-corrected chi connectivity index (χ4v) is 3.66. The summed E-state index contributed by atoms with van der Waals surface area (Å²) in [5, 5.41) is 12.9. The van der Waals surface area contributed by atoms with Crippen LogP contribution < -0.4 is 4.90 Å². The minimum atomic E-state index is 0.473. The summed E-state index contributed by atoms with van der Waals surface area (Å²) in [5.74, 6) is 2.39. The summed E-state index contributed by atoms with van der Waals surface area (Å²) in [7, 11) is 0. The monoisotopic (exact) mass is 307 g/mol. The van der Waals surface area contributed by atoms with E-state index in [-0.39, 0.29) is 0 Å². The zero-order chi connectivity index (χ0) is 16.0. The van der Waals surface area contributed by atoms with E-state index in [0.717, 1.165) is 30.3 Å². The lowest BCUT2D eigenvalue weighted by atomic mass is 9.93. The van der Waals surface area contributed by atoms with Crippen LogP contribution in [0.25, 0.3) is 5.65 Å². The topological polar surface area (TPSA) is 46.3 Å². The van der Waals surface area contributed by atoms with Gasteiger partial charge in [-0.05, 0) is 50.5 Å². The van der Waals surface area contributed by atoms with Crippen molar-refractivity contribution in [1.82, 2.24) is 19.8 Å². The van der Waals surface area contributed by atoms with E-state index in [0.29, 0.717) is 12.0 Å². The summed E-state index contributed by atoms with van der Waals surface area (Å²) in [6.45, 7) is 7.42. The Morgan fingerprint density at radius 2 is 1.87 bits per heavy atom. The number of aryl methyl sites for hydroxylation is 2. The van der Waals surface area contributed by atoms with E-state index in [1.807, 2.05) is 17.5 Å². The molecule has 1 aromatic carbocycles. The molecule has 2 atom stereocenters. The molecule has 3 heterocycles. The van der Waals surface area contributed by atoms with Crippen molar-refractivity contribution >= 4 is 11.5 Å². The average Bonchev–Trinajstić information content (AvgIpc) is 3.11. The van der Waals surface area contributed by atoms with E-state index in [1.165, 1.54) is 11.1 Å². The van der Waals surface area contributed by atoms with Crippen molar-refractivity contribution in [2.45, 2.75) is 39.2 Å². The molecular formula is C18H21N5. The van der Waals surface area contributed by atoms with Crippen LogP contribution in [-0.2, 0) is 0 Å². The first kappa shape index (κ1) is 14.2. The van der Waals surface area contributed by atoms with Gasteiger partial charge in [0.2, 0.25) is 0 Å². The van der Waals surface area contributed by atoms with Crippen LogP contribution >= 0.6 is 0 Å². The molecule has 1 saturated heterocycles. The number of nitrogens with zero attached hydrogens (tertiary/aromatic N) is 5. The minimum Gasteiger partial charge on any atom is -0.352 e. The molecule has 0 amide bonds. The Balaban J connectivity index is 1.66. The van der Waals surface area contributed by atoms with Crippen molar-refractivity contribution in [2.24, 2.45) is 0 Å². The smallest absolute Gasteiger partial charge is 0.178 e. The summed E-state index contributed by atoms with van der Waals surface area (Å²) >= 11 is 0. The van der Waals surface area contributed by atoms with Gasteiger partial charge in [-0.3, -0.25) is 0 Å². The molecule has 1 fully saturated rings. The molecule has 0 aliphatic carbocycles. The molecule has 2 aromatic heterocycles. The van der Waals surface area contributed by atoms with Gasteiger partial charge in [0.1, 0.15) is 5.82 Å². The van der Waals surface area contributed by atoms with Gasteiger partial charge in [0.05, 0.1) is 0 Å². The lowest BCUT2D eigenvalue weighted by molar-refractivity contribution is 0.690.